The van der Waals surface area contributed by atoms with Crippen molar-refractivity contribution in [1.82, 2.24) is 15.1 Å². The van der Waals surface area contributed by atoms with E-state index in [1.807, 2.05) is 30.3 Å². The molecule has 0 spiro atoms. The normalized spacial score (nSPS) is 10.8. The number of nitrogens with one attached hydrogen (secondary N) is 1. The molecule has 3 aromatic carbocycles. The minimum absolute atomic E-state index is 0.132. The fourth-order valence-corrected chi connectivity index (χ4v) is 3.46. The minimum Gasteiger partial charge on any atom is -0.497 e. The summed E-state index contributed by atoms with van der Waals surface area (Å²) in [6, 6.07) is 21.8. The van der Waals surface area contributed by atoms with E-state index in [2.05, 4.69) is 10.4 Å². The van der Waals surface area contributed by atoms with Crippen LogP contribution in [-0.4, -0.2) is 22.8 Å². The third-order valence-electron chi connectivity index (χ3n) is 5.26. The van der Waals surface area contributed by atoms with Crippen LogP contribution in [0.4, 0.5) is 8.78 Å². The number of carbonyl (C=O) groups excluding carboxylic acids is 1. The van der Waals surface area contributed by atoms with Crippen LogP contribution in [-0.2, 0) is 17.8 Å². The van der Waals surface area contributed by atoms with Crippen LogP contribution in [0.15, 0.2) is 78.9 Å². The van der Waals surface area contributed by atoms with Gasteiger partial charge in [-0.15, -0.1) is 0 Å². The average molecular weight is 447 g/mol. The molecule has 1 amide bonds. The van der Waals surface area contributed by atoms with Crippen molar-refractivity contribution in [2.24, 2.45) is 0 Å². The topological polar surface area (TPSA) is 56.2 Å². The van der Waals surface area contributed by atoms with E-state index in [4.69, 9.17) is 4.74 Å². The van der Waals surface area contributed by atoms with Crippen molar-refractivity contribution in [1.29, 1.82) is 0 Å². The molecule has 7 heteroatoms. The summed E-state index contributed by atoms with van der Waals surface area (Å²) in [6.45, 7) is 0.132. The van der Waals surface area contributed by atoms with Crippen LogP contribution in [0.1, 0.15) is 17.7 Å². The number of carbonyl (C=O) groups is 1. The fourth-order valence-electron chi connectivity index (χ4n) is 3.46. The van der Waals surface area contributed by atoms with Gasteiger partial charge in [-0.3, -0.25) is 4.79 Å². The molecule has 0 saturated carbocycles. The van der Waals surface area contributed by atoms with Crippen LogP contribution in [0, 0.1) is 11.6 Å². The van der Waals surface area contributed by atoms with Gasteiger partial charge in [0.15, 0.2) is 0 Å². The van der Waals surface area contributed by atoms with E-state index in [0.29, 0.717) is 17.7 Å². The Morgan fingerprint density at radius 1 is 1.00 bits per heavy atom. The van der Waals surface area contributed by atoms with E-state index in [9.17, 15) is 13.6 Å². The number of aromatic nitrogens is 2. The van der Waals surface area contributed by atoms with E-state index in [1.54, 1.807) is 42.1 Å². The Hall–Kier alpha value is -4.00. The number of methoxy groups -OCH3 is 1. The zero-order valence-corrected chi connectivity index (χ0v) is 18.1. The standard InChI is InChI=1S/C26H23F2N3O2/c1-33-23-13-11-22(12-14-23)31-25(18-6-8-20(27)9-7-18)16-21(30-31)10-15-26(32)29-17-19-4-2-3-5-24(19)28/h2-9,11-14,16H,10,15,17H2,1H3,(H,29,32). The van der Waals surface area contributed by atoms with Crippen LogP contribution >= 0.6 is 0 Å². The Morgan fingerprint density at radius 2 is 1.73 bits per heavy atom. The quantitative estimate of drug-likeness (QED) is 0.410. The summed E-state index contributed by atoms with van der Waals surface area (Å²) in [5, 5.41) is 7.43. The van der Waals surface area contributed by atoms with Gasteiger partial charge in [0.2, 0.25) is 5.91 Å². The highest BCUT2D eigenvalue weighted by molar-refractivity contribution is 5.76. The number of rotatable bonds is 8. The fraction of sp³-hybridized carbons (Fsp3) is 0.154. The van der Waals surface area contributed by atoms with Crippen LogP contribution < -0.4 is 10.1 Å². The molecule has 0 bridgehead atoms. The molecule has 0 fully saturated rings. The maximum Gasteiger partial charge on any atom is 0.220 e. The molecular formula is C26H23F2N3O2. The number of hydrogen-bond acceptors (Lipinski definition) is 3. The molecule has 0 unspecified atom stereocenters. The lowest BCUT2D eigenvalue weighted by atomic mass is 10.1. The second-order valence-corrected chi connectivity index (χ2v) is 7.51. The second kappa shape index (κ2) is 10.1. The molecule has 0 aliphatic rings. The number of ether oxygens (including phenoxy) is 1. The van der Waals surface area contributed by atoms with E-state index in [0.717, 1.165) is 22.7 Å². The van der Waals surface area contributed by atoms with E-state index in [-0.39, 0.29) is 30.5 Å². The van der Waals surface area contributed by atoms with Gasteiger partial charge in [-0.05, 0) is 60.7 Å². The van der Waals surface area contributed by atoms with Crippen LogP contribution in [0.5, 0.6) is 5.75 Å². The van der Waals surface area contributed by atoms with Gasteiger partial charge < -0.3 is 10.1 Å². The number of hydrogen-bond donors (Lipinski definition) is 1. The summed E-state index contributed by atoms with van der Waals surface area (Å²) in [5.74, 6) is -0.137. The van der Waals surface area contributed by atoms with Crippen molar-refractivity contribution in [2.75, 3.05) is 7.11 Å². The van der Waals surface area contributed by atoms with E-state index >= 15 is 0 Å². The second-order valence-electron chi connectivity index (χ2n) is 7.51. The SMILES string of the molecule is COc1ccc(-n2nc(CCC(=O)NCc3ccccc3F)cc2-c2ccc(F)cc2)cc1. The molecule has 0 radical (unpaired) electrons. The van der Waals surface area contributed by atoms with Crippen molar-refractivity contribution in [3.8, 4) is 22.7 Å². The molecule has 1 heterocycles. The molecule has 4 rings (SSSR count). The lowest BCUT2D eigenvalue weighted by Gasteiger charge is -2.08. The summed E-state index contributed by atoms with van der Waals surface area (Å²) in [4.78, 5) is 12.3. The first kappa shape index (κ1) is 22.2. The number of aryl methyl sites for hydroxylation is 1. The van der Waals surface area contributed by atoms with Gasteiger partial charge in [0, 0.05) is 30.5 Å². The van der Waals surface area contributed by atoms with Crippen molar-refractivity contribution in [3.05, 3.63) is 102 Å². The molecule has 1 N–H and O–H groups in total. The maximum absolute atomic E-state index is 13.7. The monoisotopic (exact) mass is 447 g/mol. The number of amides is 1. The summed E-state index contributed by atoms with van der Waals surface area (Å²) >= 11 is 0. The molecule has 1 aromatic heterocycles. The number of benzene rings is 3. The molecule has 168 valence electrons. The maximum atomic E-state index is 13.7. The van der Waals surface area contributed by atoms with E-state index in [1.165, 1.54) is 18.2 Å². The summed E-state index contributed by atoms with van der Waals surface area (Å²) in [5.41, 5.74) is 3.54. The van der Waals surface area contributed by atoms with Gasteiger partial charge in [0.05, 0.1) is 24.2 Å². The number of halogens is 2. The van der Waals surface area contributed by atoms with Crippen molar-refractivity contribution >= 4 is 5.91 Å². The zero-order valence-electron chi connectivity index (χ0n) is 18.1. The highest BCUT2D eigenvalue weighted by Crippen LogP contribution is 2.26. The first-order valence-electron chi connectivity index (χ1n) is 10.5. The lowest BCUT2D eigenvalue weighted by molar-refractivity contribution is -0.121. The molecule has 5 nitrogen and oxygen atoms in total. The zero-order chi connectivity index (χ0) is 23.2. The van der Waals surface area contributed by atoms with Crippen LogP contribution in [0.2, 0.25) is 0 Å². The molecule has 0 saturated heterocycles. The lowest BCUT2D eigenvalue weighted by Crippen LogP contribution is -2.23. The smallest absolute Gasteiger partial charge is 0.220 e. The highest BCUT2D eigenvalue weighted by Gasteiger charge is 2.14. The third-order valence-corrected chi connectivity index (χ3v) is 5.26. The van der Waals surface area contributed by atoms with Gasteiger partial charge in [0.25, 0.3) is 0 Å². The average Bonchev–Trinajstić information content (AvgIpc) is 3.27. The first-order valence-corrected chi connectivity index (χ1v) is 10.5. The van der Waals surface area contributed by atoms with E-state index < -0.39 is 0 Å². The Labute approximate surface area is 190 Å². The minimum atomic E-state index is -0.347. The molecule has 33 heavy (non-hydrogen) atoms. The Bertz CT molecular complexity index is 1240. The van der Waals surface area contributed by atoms with Crippen LogP contribution in [0.25, 0.3) is 16.9 Å². The van der Waals surface area contributed by atoms with Crippen molar-refractivity contribution < 1.29 is 18.3 Å². The molecule has 0 aliphatic heterocycles. The van der Waals surface area contributed by atoms with Crippen molar-refractivity contribution in [3.63, 3.8) is 0 Å². The van der Waals surface area contributed by atoms with Crippen molar-refractivity contribution in [2.45, 2.75) is 19.4 Å². The van der Waals surface area contributed by atoms with Gasteiger partial charge in [-0.2, -0.15) is 5.10 Å². The first-order chi connectivity index (χ1) is 16.0. The Kier molecular flexibility index (Phi) is 6.78. The Balaban J connectivity index is 1.51. The van der Waals surface area contributed by atoms with Gasteiger partial charge >= 0.3 is 0 Å². The summed E-state index contributed by atoms with van der Waals surface area (Å²) < 4.78 is 34.2. The van der Waals surface area contributed by atoms with Gasteiger partial charge in [-0.1, -0.05) is 18.2 Å². The Morgan fingerprint density at radius 3 is 2.42 bits per heavy atom. The largest absolute Gasteiger partial charge is 0.497 e. The van der Waals surface area contributed by atoms with Crippen LogP contribution in [0.3, 0.4) is 0 Å². The highest BCUT2D eigenvalue weighted by atomic mass is 19.1. The number of nitrogens with zero attached hydrogens (tertiary/aromatic N) is 2. The third kappa shape index (κ3) is 5.44. The molecule has 0 aliphatic carbocycles. The summed E-state index contributed by atoms with van der Waals surface area (Å²) in [6.07, 6.45) is 0.609. The summed E-state index contributed by atoms with van der Waals surface area (Å²) in [7, 11) is 1.60. The molecule has 4 aromatic rings. The van der Waals surface area contributed by atoms with Gasteiger partial charge in [-0.25, -0.2) is 13.5 Å². The molecule has 0 atom stereocenters. The van der Waals surface area contributed by atoms with Gasteiger partial charge in [0.1, 0.15) is 17.4 Å². The molecular weight excluding hydrogens is 424 g/mol. The predicted molar refractivity (Wildman–Crippen MR) is 122 cm³/mol. The predicted octanol–water partition coefficient (Wildman–Crippen LogP) is 5.08.